The molecule has 0 saturated heterocycles. The highest BCUT2D eigenvalue weighted by Crippen LogP contribution is 2.44. The van der Waals surface area contributed by atoms with Gasteiger partial charge in [-0.2, -0.15) is 0 Å². The number of Topliss-reactive ketones (excluding diaryl/α,β-unsaturated/α-hetero) is 1. The number of benzene rings is 3. The number of ether oxygens (including phenoxy) is 4. The molecule has 0 aromatic heterocycles. The minimum Gasteiger partial charge on any atom is -0.493 e. The van der Waals surface area contributed by atoms with Gasteiger partial charge in [0.2, 0.25) is 5.78 Å². The standard InChI is InChI=1S/C27H24N2O7/c1-16-9-22-20(14-28(15-35-22)13-18-7-8-21(33-2)23(12-18)34-3)27-25(16)26(30)24(36-27)11-17-5-4-6-19(10-17)29(31)32/h4-12H,13-15H2,1-3H3/b24-11-. The van der Waals surface area contributed by atoms with Crippen LogP contribution in [-0.4, -0.2) is 36.6 Å². The van der Waals surface area contributed by atoms with Gasteiger partial charge in [0, 0.05) is 25.2 Å². The smallest absolute Gasteiger partial charge is 0.270 e. The summed E-state index contributed by atoms with van der Waals surface area (Å²) in [7, 11) is 3.19. The topological polar surface area (TPSA) is 100 Å². The lowest BCUT2D eigenvalue weighted by molar-refractivity contribution is -0.384. The van der Waals surface area contributed by atoms with Crippen molar-refractivity contribution in [1.29, 1.82) is 0 Å². The van der Waals surface area contributed by atoms with Gasteiger partial charge in [-0.3, -0.25) is 19.8 Å². The monoisotopic (exact) mass is 488 g/mol. The largest absolute Gasteiger partial charge is 0.493 e. The number of ketones is 1. The lowest BCUT2D eigenvalue weighted by Crippen LogP contribution is -2.31. The Morgan fingerprint density at radius 1 is 1.11 bits per heavy atom. The summed E-state index contributed by atoms with van der Waals surface area (Å²) in [6, 6.07) is 13.7. The van der Waals surface area contributed by atoms with E-state index in [-0.39, 0.29) is 17.2 Å². The first-order valence-corrected chi connectivity index (χ1v) is 11.3. The van der Waals surface area contributed by atoms with Crippen molar-refractivity contribution in [2.45, 2.75) is 20.0 Å². The van der Waals surface area contributed by atoms with Crippen LogP contribution in [0.15, 0.2) is 54.3 Å². The van der Waals surface area contributed by atoms with E-state index >= 15 is 0 Å². The van der Waals surface area contributed by atoms with Gasteiger partial charge >= 0.3 is 0 Å². The van der Waals surface area contributed by atoms with Crippen molar-refractivity contribution >= 4 is 17.5 Å². The van der Waals surface area contributed by atoms with Crippen LogP contribution in [-0.2, 0) is 13.1 Å². The van der Waals surface area contributed by atoms with Crippen molar-refractivity contribution in [3.63, 3.8) is 0 Å². The van der Waals surface area contributed by atoms with Crippen LogP contribution in [0.1, 0.15) is 32.6 Å². The third-order valence-electron chi connectivity index (χ3n) is 6.22. The summed E-state index contributed by atoms with van der Waals surface area (Å²) in [4.78, 5) is 26.0. The van der Waals surface area contributed by atoms with E-state index in [2.05, 4.69) is 4.90 Å². The fraction of sp³-hybridized carbons (Fsp3) is 0.222. The van der Waals surface area contributed by atoms with E-state index in [1.807, 2.05) is 31.2 Å². The molecule has 0 unspecified atom stereocenters. The minimum absolute atomic E-state index is 0.0555. The third kappa shape index (κ3) is 4.25. The zero-order valence-electron chi connectivity index (χ0n) is 20.1. The number of hydrogen-bond acceptors (Lipinski definition) is 8. The quantitative estimate of drug-likeness (QED) is 0.275. The van der Waals surface area contributed by atoms with E-state index in [9.17, 15) is 14.9 Å². The zero-order chi connectivity index (χ0) is 25.4. The number of carbonyl (C=O) groups excluding carboxylic acids is 1. The first-order chi connectivity index (χ1) is 17.4. The predicted molar refractivity (Wildman–Crippen MR) is 131 cm³/mol. The van der Waals surface area contributed by atoms with Crippen LogP contribution in [0.3, 0.4) is 0 Å². The van der Waals surface area contributed by atoms with E-state index in [4.69, 9.17) is 18.9 Å². The molecule has 0 aliphatic carbocycles. The number of nitro benzene ring substituents is 1. The summed E-state index contributed by atoms with van der Waals surface area (Å²) in [6.45, 7) is 3.33. The molecule has 5 rings (SSSR count). The normalized spacial score (nSPS) is 15.6. The maximum atomic E-state index is 13.2. The Kier molecular flexibility index (Phi) is 6.07. The van der Waals surface area contributed by atoms with Gasteiger partial charge < -0.3 is 18.9 Å². The van der Waals surface area contributed by atoms with Crippen LogP contribution in [0, 0.1) is 17.0 Å². The van der Waals surface area contributed by atoms with Crippen LogP contribution >= 0.6 is 0 Å². The molecule has 184 valence electrons. The number of hydrogen-bond donors (Lipinski definition) is 0. The average Bonchev–Trinajstić information content (AvgIpc) is 3.21. The molecule has 0 N–H and O–H groups in total. The number of rotatable bonds is 6. The second-order valence-electron chi connectivity index (χ2n) is 8.62. The van der Waals surface area contributed by atoms with Gasteiger partial charge in [-0.05, 0) is 47.9 Å². The number of non-ortho nitro benzene ring substituents is 1. The number of nitrogens with zero attached hydrogens (tertiary/aromatic N) is 2. The van der Waals surface area contributed by atoms with E-state index in [0.29, 0.717) is 53.9 Å². The van der Waals surface area contributed by atoms with Gasteiger partial charge in [-0.25, -0.2) is 0 Å². The second-order valence-corrected chi connectivity index (χ2v) is 8.62. The molecule has 0 atom stereocenters. The molecule has 2 aliphatic rings. The summed E-state index contributed by atoms with van der Waals surface area (Å²) in [5.41, 5.74) is 3.51. The van der Waals surface area contributed by atoms with Crippen molar-refractivity contribution in [3.05, 3.63) is 92.2 Å². The van der Waals surface area contributed by atoms with Gasteiger partial charge in [0.05, 0.1) is 30.3 Å². The van der Waals surface area contributed by atoms with Crippen LogP contribution in [0.2, 0.25) is 0 Å². The number of fused-ring (bicyclic) bond motifs is 3. The third-order valence-corrected chi connectivity index (χ3v) is 6.22. The maximum absolute atomic E-state index is 13.2. The van der Waals surface area contributed by atoms with Crippen molar-refractivity contribution in [2.24, 2.45) is 0 Å². The van der Waals surface area contributed by atoms with E-state index < -0.39 is 4.92 Å². The Bertz CT molecular complexity index is 1410. The predicted octanol–water partition coefficient (Wildman–Crippen LogP) is 4.89. The molecule has 9 nitrogen and oxygen atoms in total. The molecular weight excluding hydrogens is 464 g/mol. The molecule has 0 radical (unpaired) electrons. The fourth-order valence-corrected chi connectivity index (χ4v) is 4.49. The Labute approximate surface area is 207 Å². The molecule has 2 aliphatic heterocycles. The number of nitro groups is 1. The molecule has 3 aromatic carbocycles. The first-order valence-electron chi connectivity index (χ1n) is 11.3. The van der Waals surface area contributed by atoms with Crippen LogP contribution in [0.5, 0.6) is 23.0 Å². The highest BCUT2D eigenvalue weighted by molar-refractivity contribution is 6.15. The molecule has 0 saturated carbocycles. The Hall–Kier alpha value is -4.37. The van der Waals surface area contributed by atoms with E-state index in [1.165, 1.54) is 18.2 Å². The summed E-state index contributed by atoms with van der Waals surface area (Å²) >= 11 is 0. The molecule has 9 heteroatoms. The molecule has 0 spiro atoms. The van der Waals surface area contributed by atoms with Gasteiger partial charge in [0.25, 0.3) is 5.69 Å². The fourth-order valence-electron chi connectivity index (χ4n) is 4.49. The van der Waals surface area contributed by atoms with Crippen molar-refractivity contribution < 1.29 is 28.7 Å². The summed E-state index contributed by atoms with van der Waals surface area (Å²) < 4.78 is 22.8. The number of methoxy groups -OCH3 is 2. The van der Waals surface area contributed by atoms with Crippen LogP contribution < -0.4 is 18.9 Å². The zero-order valence-corrected chi connectivity index (χ0v) is 20.1. The average molecular weight is 488 g/mol. The van der Waals surface area contributed by atoms with Gasteiger partial charge in [-0.1, -0.05) is 18.2 Å². The van der Waals surface area contributed by atoms with Crippen LogP contribution in [0.4, 0.5) is 5.69 Å². The highest BCUT2D eigenvalue weighted by Gasteiger charge is 2.35. The number of carbonyl (C=O) groups is 1. The van der Waals surface area contributed by atoms with Gasteiger partial charge in [0.1, 0.15) is 18.2 Å². The molecule has 0 bridgehead atoms. The van der Waals surface area contributed by atoms with E-state index in [0.717, 1.165) is 16.7 Å². The Morgan fingerprint density at radius 2 is 1.92 bits per heavy atom. The molecule has 3 aromatic rings. The van der Waals surface area contributed by atoms with Crippen molar-refractivity contribution in [3.8, 4) is 23.0 Å². The van der Waals surface area contributed by atoms with Crippen molar-refractivity contribution in [1.82, 2.24) is 4.90 Å². The SMILES string of the molecule is COc1ccc(CN2COc3cc(C)c4c(c3C2)O/C(=C\c2cccc([N+](=O)[O-])c2)C4=O)cc1OC. The first kappa shape index (κ1) is 23.4. The Morgan fingerprint density at radius 3 is 2.67 bits per heavy atom. The molecule has 0 fully saturated rings. The molecule has 36 heavy (non-hydrogen) atoms. The molecule has 2 heterocycles. The maximum Gasteiger partial charge on any atom is 0.270 e. The number of aryl methyl sites for hydroxylation is 1. The Balaban J connectivity index is 1.43. The summed E-state index contributed by atoms with van der Waals surface area (Å²) in [5.74, 6) is 2.33. The highest BCUT2D eigenvalue weighted by atomic mass is 16.6. The molecular formula is C27H24N2O7. The van der Waals surface area contributed by atoms with Gasteiger partial charge in [-0.15, -0.1) is 0 Å². The lowest BCUT2D eigenvalue weighted by atomic mass is 9.98. The summed E-state index contributed by atoms with van der Waals surface area (Å²) in [6.07, 6.45) is 1.53. The minimum atomic E-state index is -0.473. The van der Waals surface area contributed by atoms with E-state index in [1.54, 1.807) is 26.4 Å². The summed E-state index contributed by atoms with van der Waals surface area (Å²) in [5, 5.41) is 11.1. The second kappa shape index (κ2) is 9.35. The number of allylic oxidation sites excluding steroid dienone is 1. The van der Waals surface area contributed by atoms with Gasteiger partial charge in [0.15, 0.2) is 17.3 Å². The lowest BCUT2D eigenvalue weighted by Gasteiger charge is -2.30. The molecule has 0 amide bonds. The van der Waals surface area contributed by atoms with Crippen LogP contribution in [0.25, 0.3) is 6.08 Å². The van der Waals surface area contributed by atoms with Crippen molar-refractivity contribution in [2.75, 3.05) is 21.0 Å².